The summed E-state index contributed by atoms with van der Waals surface area (Å²) in [4.78, 5) is 0. The Kier molecular flexibility index (Phi) is 4.36. The number of halogens is 3. The summed E-state index contributed by atoms with van der Waals surface area (Å²) < 4.78 is 37.2. The van der Waals surface area contributed by atoms with E-state index in [4.69, 9.17) is 0 Å². The summed E-state index contributed by atoms with van der Waals surface area (Å²) in [7, 11) is 0. The van der Waals surface area contributed by atoms with Crippen molar-refractivity contribution in [1.82, 2.24) is 5.32 Å². The van der Waals surface area contributed by atoms with Gasteiger partial charge in [-0.15, -0.1) is 0 Å². The first-order valence-electron chi connectivity index (χ1n) is 6.58. The minimum absolute atomic E-state index is 0.202. The molecule has 0 aromatic heterocycles. The normalized spacial score (nSPS) is 19.4. The van der Waals surface area contributed by atoms with E-state index < -0.39 is 23.4 Å². The lowest BCUT2D eigenvalue weighted by atomic mass is 9.80. The first-order chi connectivity index (χ1) is 9.30. The van der Waals surface area contributed by atoms with E-state index in [2.05, 4.69) is 5.32 Å². The van der Waals surface area contributed by atoms with Crippen LogP contribution in [0, 0.1) is 0 Å². The van der Waals surface area contributed by atoms with Gasteiger partial charge in [-0.25, -0.2) is 0 Å². The molecule has 1 aliphatic carbocycles. The van der Waals surface area contributed by atoms with Crippen molar-refractivity contribution in [3.05, 3.63) is 35.4 Å². The van der Waals surface area contributed by atoms with Crippen LogP contribution >= 0.6 is 0 Å². The minimum Gasteiger partial charge on any atom is -0.389 e. The van der Waals surface area contributed by atoms with E-state index in [-0.39, 0.29) is 6.54 Å². The zero-order valence-corrected chi connectivity index (χ0v) is 11.0. The van der Waals surface area contributed by atoms with Gasteiger partial charge in [-0.1, -0.05) is 12.1 Å². The molecule has 2 rings (SSSR count). The van der Waals surface area contributed by atoms with Crippen molar-refractivity contribution in [2.45, 2.75) is 37.1 Å². The number of benzene rings is 1. The molecular weight excluding hydrogens is 271 g/mol. The van der Waals surface area contributed by atoms with Gasteiger partial charge in [0.25, 0.3) is 0 Å². The van der Waals surface area contributed by atoms with E-state index in [0.29, 0.717) is 12.1 Å². The van der Waals surface area contributed by atoms with Crippen molar-refractivity contribution in [1.29, 1.82) is 0 Å². The second kappa shape index (κ2) is 5.71. The fourth-order valence-corrected chi connectivity index (χ4v) is 2.22. The molecule has 3 N–H and O–H groups in total. The maximum absolute atomic E-state index is 12.4. The van der Waals surface area contributed by atoms with Crippen LogP contribution in [0.25, 0.3) is 0 Å². The number of nitrogens with one attached hydrogen (secondary N) is 1. The van der Waals surface area contributed by atoms with Crippen molar-refractivity contribution in [3.63, 3.8) is 0 Å². The van der Waals surface area contributed by atoms with E-state index in [1.807, 2.05) is 0 Å². The van der Waals surface area contributed by atoms with Crippen molar-refractivity contribution < 1.29 is 23.4 Å². The predicted octanol–water partition coefficient (Wildman–Crippen LogP) is 2.24. The summed E-state index contributed by atoms with van der Waals surface area (Å²) in [5.41, 5.74) is -0.990. The molecule has 0 bridgehead atoms. The molecule has 0 radical (unpaired) electrons. The molecule has 1 fully saturated rings. The fourth-order valence-electron chi connectivity index (χ4n) is 2.22. The third-order valence-corrected chi connectivity index (χ3v) is 3.70. The quantitative estimate of drug-likeness (QED) is 0.779. The van der Waals surface area contributed by atoms with Crippen LogP contribution in [-0.2, 0) is 6.18 Å². The molecule has 0 heterocycles. The van der Waals surface area contributed by atoms with Crippen LogP contribution in [0.4, 0.5) is 13.2 Å². The summed E-state index contributed by atoms with van der Waals surface area (Å²) in [6.45, 7) is 0.596. The molecule has 1 aliphatic rings. The Morgan fingerprint density at radius 2 is 1.80 bits per heavy atom. The smallest absolute Gasteiger partial charge is 0.389 e. The molecule has 1 atom stereocenters. The molecule has 0 saturated heterocycles. The van der Waals surface area contributed by atoms with E-state index in [9.17, 15) is 23.4 Å². The van der Waals surface area contributed by atoms with Crippen LogP contribution in [-0.4, -0.2) is 28.9 Å². The number of alkyl halides is 3. The topological polar surface area (TPSA) is 52.5 Å². The molecule has 1 unspecified atom stereocenters. The van der Waals surface area contributed by atoms with Crippen LogP contribution < -0.4 is 5.32 Å². The van der Waals surface area contributed by atoms with E-state index >= 15 is 0 Å². The highest BCUT2D eigenvalue weighted by Crippen LogP contribution is 2.31. The molecule has 0 aliphatic heterocycles. The lowest BCUT2D eigenvalue weighted by molar-refractivity contribution is -0.137. The molecule has 112 valence electrons. The largest absolute Gasteiger partial charge is 0.416 e. The standard InChI is InChI=1S/C14H18F3NO2/c15-14(16,17)11-4-2-10(3-5-11)12(19)8-18-9-13(20)6-1-7-13/h2-5,12,18-20H,1,6-9H2. The van der Waals surface area contributed by atoms with Crippen molar-refractivity contribution >= 4 is 0 Å². The molecule has 0 spiro atoms. The average molecular weight is 289 g/mol. The van der Waals surface area contributed by atoms with Crippen LogP contribution in [0.3, 0.4) is 0 Å². The third-order valence-electron chi connectivity index (χ3n) is 3.70. The summed E-state index contributed by atoms with van der Waals surface area (Å²) in [5, 5.41) is 22.7. The summed E-state index contributed by atoms with van der Waals surface area (Å²) in [6, 6.07) is 4.45. The highest BCUT2D eigenvalue weighted by Gasteiger charge is 2.34. The average Bonchev–Trinajstić information content (AvgIpc) is 2.36. The highest BCUT2D eigenvalue weighted by atomic mass is 19.4. The molecule has 1 aromatic rings. The SMILES string of the molecule is OC(CNCC1(O)CCC1)c1ccc(C(F)(F)F)cc1. The predicted molar refractivity (Wildman–Crippen MR) is 68.1 cm³/mol. The number of aliphatic hydroxyl groups excluding tert-OH is 1. The number of hydrogen-bond acceptors (Lipinski definition) is 3. The second-order valence-corrected chi connectivity index (χ2v) is 5.34. The Hall–Kier alpha value is -1.11. The first-order valence-corrected chi connectivity index (χ1v) is 6.58. The van der Waals surface area contributed by atoms with Crippen LogP contribution in [0.2, 0.25) is 0 Å². The van der Waals surface area contributed by atoms with E-state index in [1.54, 1.807) is 0 Å². The van der Waals surface area contributed by atoms with Crippen molar-refractivity contribution in [2.75, 3.05) is 13.1 Å². The van der Waals surface area contributed by atoms with Gasteiger partial charge in [0, 0.05) is 13.1 Å². The zero-order valence-electron chi connectivity index (χ0n) is 11.0. The summed E-state index contributed by atoms with van der Waals surface area (Å²) >= 11 is 0. The van der Waals surface area contributed by atoms with Gasteiger partial charge in [-0.3, -0.25) is 0 Å². The Labute approximate surface area is 115 Å². The highest BCUT2D eigenvalue weighted by molar-refractivity contribution is 5.26. The second-order valence-electron chi connectivity index (χ2n) is 5.34. The van der Waals surface area contributed by atoms with Gasteiger partial charge >= 0.3 is 6.18 Å². The first kappa shape index (κ1) is 15.3. The van der Waals surface area contributed by atoms with Gasteiger partial charge in [-0.05, 0) is 37.0 Å². The lowest BCUT2D eigenvalue weighted by Gasteiger charge is -2.37. The monoisotopic (exact) mass is 289 g/mol. The van der Waals surface area contributed by atoms with Gasteiger partial charge in [0.15, 0.2) is 0 Å². The van der Waals surface area contributed by atoms with Crippen LogP contribution in [0.15, 0.2) is 24.3 Å². The van der Waals surface area contributed by atoms with Crippen molar-refractivity contribution in [2.24, 2.45) is 0 Å². The van der Waals surface area contributed by atoms with E-state index in [0.717, 1.165) is 31.4 Å². The van der Waals surface area contributed by atoms with Gasteiger partial charge in [-0.2, -0.15) is 13.2 Å². The van der Waals surface area contributed by atoms with Gasteiger partial charge in [0.05, 0.1) is 17.3 Å². The van der Waals surface area contributed by atoms with E-state index in [1.165, 1.54) is 12.1 Å². The summed E-state index contributed by atoms with van der Waals surface area (Å²) in [5.74, 6) is 0. The number of hydrogen-bond donors (Lipinski definition) is 3. The van der Waals surface area contributed by atoms with Gasteiger partial charge in [0.1, 0.15) is 0 Å². The third kappa shape index (κ3) is 3.71. The minimum atomic E-state index is -4.37. The number of rotatable bonds is 5. The Morgan fingerprint density at radius 1 is 1.20 bits per heavy atom. The maximum Gasteiger partial charge on any atom is 0.416 e. The molecule has 3 nitrogen and oxygen atoms in total. The Balaban J connectivity index is 1.84. The fraction of sp³-hybridized carbons (Fsp3) is 0.571. The molecule has 20 heavy (non-hydrogen) atoms. The van der Waals surface area contributed by atoms with Gasteiger partial charge < -0.3 is 15.5 Å². The number of aliphatic hydroxyl groups is 2. The van der Waals surface area contributed by atoms with Crippen LogP contribution in [0.5, 0.6) is 0 Å². The zero-order chi connectivity index (χ0) is 14.8. The molecule has 0 amide bonds. The molecular formula is C14H18F3NO2. The molecule has 1 saturated carbocycles. The molecule has 6 heteroatoms. The van der Waals surface area contributed by atoms with Gasteiger partial charge in [0.2, 0.25) is 0 Å². The summed E-state index contributed by atoms with van der Waals surface area (Å²) in [6.07, 6.45) is -2.76. The lowest BCUT2D eigenvalue weighted by Crippen LogP contribution is -2.46. The maximum atomic E-state index is 12.4. The Morgan fingerprint density at radius 3 is 2.25 bits per heavy atom. The molecule has 1 aromatic carbocycles. The van der Waals surface area contributed by atoms with Crippen LogP contribution in [0.1, 0.15) is 36.5 Å². The Bertz CT molecular complexity index is 441. The van der Waals surface area contributed by atoms with Crippen molar-refractivity contribution in [3.8, 4) is 0 Å².